The molecule has 1 aromatic carbocycles. The number of rotatable bonds is 3. The number of ether oxygens (including phenoxy) is 1. The Morgan fingerprint density at radius 1 is 1.43 bits per heavy atom. The van der Waals surface area contributed by atoms with Gasteiger partial charge in [-0.1, -0.05) is 12.1 Å². The van der Waals surface area contributed by atoms with Gasteiger partial charge in [0, 0.05) is 5.56 Å². The average molecular weight is 210 g/mol. The smallest absolute Gasteiger partial charge is 0.545 e. The molecule has 0 aliphatic heterocycles. The van der Waals surface area contributed by atoms with Crippen molar-refractivity contribution in [2.75, 3.05) is 0 Å². The number of carboxylic acid groups (broad SMARTS) is 1. The molecule has 0 aliphatic carbocycles. The molecule has 0 radical (unpaired) electrons. The molecule has 0 fully saturated rings. The maximum absolute atomic E-state index is 11.7. The van der Waals surface area contributed by atoms with Gasteiger partial charge in [-0.3, -0.25) is 0 Å². The van der Waals surface area contributed by atoms with Crippen molar-refractivity contribution in [1.82, 2.24) is 0 Å². The van der Waals surface area contributed by atoms with Crippen LogP contribution >= 0.6 is 0 Å². The van der Waals surface area contributed by atoms with Crippen LogP contribution in [0.5, 0.6) is 5.75 Å². The van der Waals surface area contributed by atoms with E-state index in [0.717, 1.165) is 6.07 Å². The van der Waals surface area contributed by atoms with Gasteiger partial charge in [0.05, 0.1) is 5.97 Å². The van der Waals surface area contributed by atoms with Gasteiger partial charge < -0.3 is 14.6 Å². The fraction of sp³-hybridized carbons (Fsp3) is 0.125. The number of aromatic carboxylic acids is 1. The summed E-state index contributed by atoms with van der Waals surface area (Å²) in [6.45, 7) is -2.96. The zero-order valence-corrected chi connectivity index (χ0v) is 9.37. The van der Waals surface area contributed by atoms with Crippen molar-refractivity contribution in [3.05, 3.63) is 29.8 Å². The van der Waals surface area contributed by atoms with Gasteiger partial charge in [-0.15, -0.1) is 0 Å². The molecular weight excluding hydrogens is 205 g/mol. The quantitative estimate of drug-likeness (QED) is 0.525. The van der Waals surface area contributed by atoms with Gasteiger partial charge in [-0.25, -0.2) is 0 Å². The third-order valence-corrected chi connectivity index (χ3v) is 1.29. The molecule has 0 unspecified atom stereocenters. The second-order valence-corrected chi connectivity index (χ2v) is 2.19. The fourth-order valence-corrected chi connectivity index (χ4v) is 0.799. The molecule has 70 valence electrons. The van der Waals surface area contributed by atoms with Crippen LogP contribution in [-0.2, 0) is 0 Å². The maximum Gasteiger partial charge on any atom is 1.00 e. The molecule has 14 heavy (non-hydrogen) atoms. The SMILES string of the molecule is O=C([O-])c1cccc(OC(F)F)c1.[Na+]. The number of benzene rings is 1. The van der Waals surface area contributed by atoms with E-state index in [2.05, 4.69) is 4.74 Å². The molecule has 0 bridgehead atoms. The molecule has 0 saturated carbocycles. The molecule has 1 aromatic rings. The van der Waals surface area contributed by atoms with Crippen LogP contribution in [0, 0.1) is 0 Å². The molecule has 0 spiro atoms. The largest absolute Gasteiger partial charge is 1.00 e. The molecule has 0 amide bonds. The molecule has 1 rings (SSSR count). The molecule has 0 aromatic heterocycles. The summed E-state index contributed by atoms with van der Waals surface area (Å²) in [6, 6.07) is 4.73. The second-order valence-electron chi connectivity index (χ2n) is 2.19. The molecule has 0 N–H and O–H groups in total. The molecule has 6 heteroatoms. The summed E-state index contributed by atoms with van der Waals surface area (Å²) in [6.07, 6.45) is 0. The standard InChI is InChI=1S/C8H6F2O3.Na/c9-8(10)13-6-3-1-2-5(4-6)7(11)12;/h1-4,8H,(H,11,12);/q;+1/p-1. The average Bonchev–Trinajstić information content (AvgIpc) is 2.03. The van der Waals surface area contributed by atoms with Gasteiger partial charge in [-0.2, -0.15) is 8.78 Å². The van der Waals surface area contributed by atoms with Crippen LogP contribution in [0.25, 0.3) is 0 Å². The first kappa shape index (κ1) is 13.4. The molecule has 0 aliphatic rings. The van der Waals surface area contributed by atoms with E-state index in [1.165, 1.54) is 18.2 Å². The number of hydrogen-bond donors (Lipinski definition) is 0. The van der Waals surface area contributed by atoms with E-state index in [1.807, 2.05) is 0 Å². The number of alkyl halides is 2. The predicted octanol–water partition coefficient (Wildman–Crippen LogP) is -2.34. The Balaban J connectivity index is 0.00000169. The Morgan fingerprint density at radius 2 is 2.07 bits per heavy atom. The van der Waals surface area contributed by atoms with Crippen molar-refractivity contribution in [1.29, 1.82) is 0 Å². The summed E-state index contributed by atoms with van der Waals surface area (Å²) in [4.78, 5) is 10.3. The first-order valence-electron chi connectivity index (χ1n) is 3.36. The van der Waals surface area contributed by atoms with Crippen LogP contribution < -0.4 is 39.4 Å². The van der Waals surface area contributed by atoms with Crippen LogP contribution in [0.15, 0.2) is 24.3 Å². The van der Waals surface area contributed by atoms with Gasteiger partial charge in [0.2, 0.25) is 0 Å². The summed E-state index contributed by atoms with van der Waals surface area (Å²) in [5, 5.41) is 10.3. The minimum absolute atomic E-state index is 0. The minimum atomic E-state index is -2.96. The topological polar surface area (TPSA) is 49.4 Å². The summed E-state index contributed by atoms with van der Waals surface area (Å²) in [7, 11) is 0. The normalized spacial score (nSPS) is 9.36. The Hall–Kier alpha value is -0.650. The van der Waals surface area contributed by atoms with Crippen molar-refractivity contribution in [3.8, 4) is 5.75 Å². The summed E-state index contributed by atoms with van der Waals surface area (Å²) in [5.41, 5.74) is -0.196. The van der Waals surface area contributed by atoms with E-state index in [9.17, 15) is 18.7 Å². The van der Waals surface area contributed by atoms with Crippen LogP contribution in [0.4, 0.5) is 8.78 Å². The fourth-order valence-electron chi connectivity index (χ4n) is 0.799. The molecule has 0 atom stereocenters. The van der Waals surface area contributed by atoms with Crippen LogP contribution in [0.1, 0.15) is 10.4 Å². The Kier molecular flexibility index (Phi) is 5.68. The van der Waals surface area contributed by atoms with Gasteiger partial charge in [0.15, 0.2) is 0 Å². The summed E-state index contributed by atoms with van der Waals surface area (Å²) >= 11 is 0. The van der Waals surface area contributed by atoms with E-state index < -0.39 is 12.6 Å². The molecule has 3 nitrogen and oxygen atoms in total. The van der Waals surface area contributed by atoms with Crippen LogP contribution in [-0.4, -0.2) is 12.6 Å². The minimum Gasteiger partial charge on any atom is -0.545 e. The number of hydrogen-bond acceptors (Lipinski definition) is 3. The third-order valence-electron chi connectivity index (χ3n) is 1.29. The van der Waals surface area contributed by atoms with E-state index in [-0.39, 0.29) is 40.9 Å². The molecular formula is C8H5F2NaO3. The number of carbonyl (C=O) groups excluding carboxylic acids is 1. The zero-order chi connectivity index (χ0) is 9.84. The predicted molar refractivity (Wildman–Crippen MR) is 37.4 cm³/mol. The van der Waals surface area contributed by atoms with Gasteiger partial charge in [-0.05, 0) is 12.1 Å². The van der Waals surface area contributed by atoms with Crippen molar-refractivity contribution < 1.29 is 53.0 Å². The second kappa shape index (κ2) is 5.95. The Bertz CT molecular complexity index is 317. The first-order valence-corrected chi connectivity index (χ1v) is 3.36. The number of carbonyl (C=O) groups is 1. The molecule has 0 heterocycles. The maximum atomic E-state index is 11.7. The van der Waals surface area contributed by atoms with Crippen LogP contribution in [0.3, 0.4) is 0 Å². The van der Waals surface area contributed by atoms with Crippen LogP contribution in [0.2, 0.25) is 0 Å². The molecule has 0 saturated heterocycles. The van der Waals surface area contributed by atoms with E-state index >= 15 is 0 Å². The van der Waals surface area contributed by atoms with Crippen molar-refractivity contribution in [3.63, 3.8) is 0 Å². The van der Waals surface area contributed by atoms with Gasteiger partial charge >= 0.3 is 36.2 Å². The monoisotopic (exact) mass is 210 g/mol. The summed E-state index contributed by atoms with van der Waals surface area (Å²) < 4.78 is 27.3. The van der Waals surface area contributed by atoms with E-state index in [1.54, 1.807) is 0 Å². The number of carboxylic acids is 1. The van der Waals surface area contributed by atoms with Gasteiger partial charge in [0.25, 0.3) is 0 Å². The summed E-state index contributed by atoms with van der Waals surface area (Å²) in [5.74, 6) is -1.63. The Morgan fingerprint density at radius 3 is 2.57 bits per heavy atom. The van der Waals surface area contributed by atoms with E-state index in [0.29, 0.717) is 0 Å². The van der Waals surface area contributed by atoms with E-state index in [4.69, 9.17) is 0 Å². The van der Waals surface area contributed by atoms with Crippen molar-refractivity contribution in [2.24, 2.45) is 0 Å². The van der Waals surface area contributed by atoms with Crippen molar-refractivity contribution >= 4 is 5.97 Å². The van der Waals surface area contributed by atoms with Crippen molar-refractivity contribution in [2.45, 2.75) is 6.61 Å². The number of halogens is 2. The Labute approximate surface area is 101 Å². The zero-order valence-electron chi connectivity index (χ0n) is 7.37. The van der Waals surface area contributed by atoms with Gasteiger partial charge in [0.1, 0.15) is 5.75 Å². The third kappa shape index (κ3) is 4.04. The first-order chi connectivity index (χ1) is 6.09.